The number of nitrogens with zero attached hydrogens (tertiary/aromatic N) is 2. The van der Waals surface area contributed by atoms with Crippen molar-refractivity contribution in [2.45, 2.75) is 45.1 Å². The van der Waals surface area contributed by atoms with Crippen molar-refractivity contribution in [1.82, 2.24) is 9.78 Å². The predicted molar refractivity (Wildman–Crippen MR) is 56.9 cm³/mol. The van der Waals surface area contributed by atoms with Crippen LogP contribution >= 0.6 is 15.9 Å². The number of halogens is 1. The maximum atomic E-state index is 4.39. The summed E-state index contributed by atoms with van der Waals surface area (Å²) in [7, 11) is 0. The first-order chi connectivity index (χ1) is 6.20. The van der Waals surface area contributed by atoms with Crippen LogP contribution in [0, 0.1) is 0 Å². The molecule has 0 amide bonds. The van der Waals surface area contributed by atoms with Crippen molar-refractivity contribution in [2.75, 3.05) is 0 Å². The lowest BCUT2D eigenvalue weighted by Crippen LogP contribution is -2.16. The van der Waals surface area contributed by atoms with Gasteiger partial charge in [-0.15, -0.1) is 0 Å². The van der Waals surface area contributed by atoms with Crippen LogP contribution in [0.5, 0.6) is 0 Å². The maximum absolute atomic E-state index is 4.39. The van der Waals surface area contributed by atoms with Gasteiger partial charge < -0.3 is 0 Å². The molecule has 0 atom stereocenters. The predicted octanol–water partition coefficient (Wildman–Crippen LogP) is 3.49. The molecule has 1 aliphatic carbocycles. The van der Waals surface area contributed by atoms with Crippen LogP contribution in [-0.4, -0.2) is 9.78 Å². The van der Waals surface area contributed by atoms with Crippen molar-refractivity contribution >= 4 is 15.9 Å². The third kappa shape index (κ3) is 1.54. The molecule has 1 saturated carbocycles. The third-order valence-electron chi connectivity index (χ3n) is 2.77. The van der Waals surface area contributed by atoms with Gasteiger partial charge in [0, 0.05) is 12.0 Å². The minimum Gasteiger partial charge on any atom is -0.266 e. The van der Waals surface area contributed by atoms with Crippen molar-refractivity contribution < 1.29 is 0 Å². The molecule has 3 heteroatoms. The first-order valence-corrected chi connectivity index (χ1v) is 5.72. The van der Waals surface area contributed by atoms with Crippen molar-refractivity contribution in [1.29, 1.82) is 0 Å². The third-order valence-corrected chi connectivity index (χ3v) is 3.38. The Morgan fingerprint density at radius 1 is 1.54 bits per heavy atom. The molecule has 72 valence electrons. The first kappa shape index (κ1) is 9.25. The zero-order valence-electron chi connectivity index (χ0n) is 8.13. The first-order valence-electron chi connectivity index (χ1n) is 4.93. The fraction of sp³-hybridized carbons (Fsp3) is 0.700. The Kier molecular flexibility index (Phi) is 2.45. The van der Waals surface area contributed by atoms with Crippen LogP contribution in [0.1, 0.15) is 50.8 Å². The Labute approximate surface area is 87.5 Å². The number of rotatable bonds is 2. The highest BCUT2D eigenvalue weighted by Crippen LogP contribution is 2.40. The molecule has 1 heterocycles. The fourth-order valence-electron chi connectivity index (χ4n) is 1.83. The summed E-state index contributed by atoms with van der Waals surface area (Å²) in [5.74, 6) is 0.749. The van der Waals surface area contributed by atoms with Gasteiger partial charge in [0.2, 0.25) is 0 Å². The van der Waals surface area contributed by atoms with E-state index in [1.54, 1.807) is 0 Å². The van der Waals surface area contributed by atoms with Crippen molar-refractivity contribution in [3.05, 3.63) is 16.4 Å². The Hall–Kier alpha value is -0.310. The molecule has 13 heavy (non-hydrogen) atoms. The second kappa shape index (κ2) is 3.45. The van der Waals surface area contributed by atoms with Crippen LogP contribution in [0.3, 0.4) is 0 Å². The van der Waals surface area contributed by atoms with E-state index in [4.69, 9.17) is 0 Å². The molecule has 1 aromatic rings. The molecular weight excluding hydrogens is 228 g/mol. The molecule has 0 bridgehead atoms. The van der Waals surface area contributed by atoms with Crippen LogP contribution in [0.15, 0.2) is 10.7 Å². The molecule has 2 rings (SSSR count). The smallest absolute Gasteiger partial charge is 0.0635 e. The average Bonchev–Trinajstić information content (AvgIpc) is 2.30. The van der Waals surface area contributed by atoms with Crippen LogP contribution in [0.2, 0.25) is 0 Å². The number of hydrogen-bond donors (Lipinski definition) is 0. The largest absolute Gasteiger partial charge is 0.266 e. The molecule has 0 aromatic carbocycles. The van der Waals surface area contributed by atoms with Gasteiger partial charge in [-0.3, -0.25) is 4.68 Å². The average molecular weight is 243 g/mol. The fourth-order valence-corrected chi connectivity index (χ4v) is 2.42. The second-order valence-corrected chi connectivity index (χ2v) is 4.90. The summed E-state index contributed by atoms with van der Waals surface area (Å²) in [6.07, 6.45) is 5.96. The summed E-state index contributed by atoms with van der Waals surface area (Å²) in [5, 5.41) is 4.39. The Balaban J connectivity index is 2.34. The van der Waals surface area contributed by atoms with Crippen molar-refractivity contribution in [3.8, 4) is 0 Å². The monoisotopic (exact) mass is 242 g/mol. The summed E-state index contributed by atoms with van der Waals surface area (Å²) >= 11 is 3.58. The van der Waals surface area contributed by atoms with Crippen molar-refractivity contribution in [3.63, 3.8) is 0 Å². The van der Waals surface area contributed by atoms with E-state index in [-0.39, 0.29) is 0 Å². The molecule has 0 radical (unpaired) electrons. The van der Waals surface area contributed by atoms with E-state index in [1.165, 1.54) is 29.4 Å². The lowest BCUT2D eigenvalue weighted by Gasteiger charge is -2.27. The zero-order chi connectivity index (χ0) is 9.42. The number of aromatic nitrogens is 2. The van der Waals surface area contributed by atoms with Gasteiger partial charge in [0.25, 0.3) is 0 Å². The van der Waals surface area contributed by atoms with Gasteiger partial charge in [-0.05, 0) is 42.6 Å². The summed E-state index contributed by atoms with van der Waals surface area (Å²) in [4.78, 5) is 0. The standard InChI is InChI=1S/C10H15BrN2/c1-7(2)13-10(8-4-3-5-8)9(11)6-12-13/h6-8H,3-5H2,1-2H3. The van der Waals surface area contributed by atoms with E-state index in [9.17, 15) is 0 Å². The SMILES string of the molecule is CC(C)n1ncc(Br)c1C1CCC1. The minimum absolute atomic E-state index is 0.474. The van der Waals surface area contributed by atoms with E-state index >= 15 is 0 Å². The normalized spacial score (nSPS) is 17.8. The van der Waals surface area contributed by atoms with Crippen LogP contribution in [0.25, 0.3) is 0 Å². The van der Waals surface area contributed by atoms with Gasteiger partial charge in [0.15, 0.2) is 0 Å². The van der Waals surface area contributed by atoms with E-state index < -0.39 is 0 Å². The maximum Gasteiger partial charge on any atom is 0.0635 e. The number of hydrogen-bond acceptors (Lipinski definition) is 1. The molecular formula is C10H15BrN2. The quantitative estimate of drug-likeness (QED) is 0.777. The van der Waals surface area contributed by atoms with Gasteiger partial charge in [-0.25, -0.2) is 0 Å². The lowest BCUT2D eigenvalue weighted by molar-refractivity contribution is 0.374. The van der Waals surface area contributed by atoms with Crippen molar-refractivity contribution in [2.24, 2.45) is 0 Å². The molecule has 1 fully saturated rings. The molecule has 1 aliphatic rings. The van der Waals surface area contributed by atoms with Crippen LogP contribution in [-0.2, 0) is 0 Å². The molecule has 1 aromatic heterocycles. The highest BCUT2D eigenvalue weighted by molar-refractivity contribution is 9.10. The molecule has 0 spiro atoms. The van der Waals surface area contributed by atoms with E-state index in [0.29, 0.717) is 6.04 Å². The molecule has 0 N–H and O–H groups in total. The molecule has 2 nitrogen and oxygen atoms in total. The molecule has 0 unspecified atom stereocenters. The molecule has 0 saturated heterocycles. The molecule has 0 aliphatic heterocycles. The Bertz CT molecular complexity index is 300. The summed E-state index contributed by atoms with van der Waals surface area (Å²) in [5.41, 5.74) is 1.40. The van der Waals surface area contributed by atoms with E-state index in [1.807, 2.05) is 6.20 Å². The van der Waals surface area contributed by atoms with Gasteiger partial charge >= 0.3 is 0 Å². The minimum atomic E-state index is 0.474. The Morgan fingerprint density at radius 2 is 2.23 bits per heavy atom. The Morgan fingerprint density at radius 3 is 2.69 bits per heavy atom. The van der Waals surface area contributed by atoms with E-state index in [0.717, 1.165) is 5.92 Å². The summed E-state index contributed by atoms with van der Waals surface area (Å²) in [6.45, 7) is 4.36. The highest BCUT2D eigenvalue weighted by atomic mass is 79.9. The lowest BCUT2D eigenvalue weighted by atomic mass is 9.83. The van der Waals surface area contributed by atoms with Gasteiger partial charge in [-0.2, -0.15) is 5.10 Å². The van der Waals surface area contributed by atoms with Crippen LogP contribution in [0.4, 0.5) is 0 Å². The zero-order valence-corrected chi connectivity index (χ0v) is 9.71. The van der Waals surface area contributed by atoms with Gasteiger partial charge in [-0.1, -0.05) is 6.42 Å². The topological polar surface area (TPSA) is 17.8 Å². The van der Waals surface area contributed by atoms with Gasteiger partial charge in [0.05, 0.1) is 16.4 Å². The summed E-state index contributed by atoms with van der Waals surface area (Å²) in [6, 6.07) is 0.474. The van der Waals surface area contributed by atoms with Crippen LogP contribution < -0.4 is 0 Å². The second-order valence-electron chi connectivity index (χ2n) is 4.04. The summed E-state index contributed by atoms with van der Waals surface area (Å²) < 4.78 is 3.33. The van der Waals surface area contributed by atoms with E-state index in [2.05, 4.69) is 39.6 Å². The highest BCUT2D eigenvalue weighted by Gasteiger charge is 2.26. The van der Waals surface area contributed by atoms with Gasteiger partial charge in [0.1, 0.15) is 0 Å².